The quantitative estimate of drug-likeness (QED) is 0.400. The minimum absolute atomic E-state index is 0.0353. The molecular formula is C7H15NO4. The van der Waals surface area contributed by atoms with Gasteiger partial charge >= 0.3 is 0 Å². The van der Waals surface area contributed by atoms with Gasteiger partial charge < -0.3 is 20.6 Å². The second-order valence-corrected chi connectivity index (χ2v) is 2.51. The average Bonchev–Trinajstić information content (AvgIpc) is 2.11. The summed E-state index contributed by atoms with van der Waals surface area (Å²) < 4.78 is 0. The van der Waals surface area contributed by atoms with E-state index >= 15 is 0 Å². The lowest BCUT2D eigenvalue weighted by Crippen LogP contribution is -2.39. The monoisotopic (exact) mass is 177 g/mol. The Labute approximate surface area is 71.0 Å². The predicted molar refractivity (Wildman–Crippen MR) is 42.4 cm³/mol. The van der Waals surface area contributed by atoms with Crippen molar-refractivity contribution >= 4 is 5.91 Å². The fourth-order valence-corrected chi connectivity index (χ4v) is 0.586. The lowest BCUT2D eigenvalue weighted by atomic mass is 10.2. The standard InChI is InChI=1S/C7H15NO4/c1-2-6(11)7(12)8-3-5(10)4-9/h5-6,9-11H,2-4H2,1H3,(H,8,12)/t5-,6+/m0/s1. The lowest BCUT2D eigenvalue weighted by Gasteiger charge is -2.11. The number of hydrogen-bond donors (Lipinski definition) is 4. The van der Waals surface area contributed by atoms with Crippen LogP contribution < -0.4 is 5.32 Å². The Hall–Kier alpha value is -0.650. The maximum absolute atomic E-state index is 10.8. The van der Waals surface area contributed by atoms with E-state index in [1.807, 2.05) is 0 Å². The number of hydrogen-bond acceptors (Lipinski definition) is 4. The summed E-state index contributed by atoms with van der Waals surface area (Å²) in [6, 6.07) is 0. The van der Waals surface area contributed by atoms with E-state index in [2.05, 4.69) is 5.32 Å². The van der Waals surface area contributed by atoms with Crippen LogP contribution >= 0.6 is 0 Å². The summed E-state index contributed by atoms with van der Waals surface area (Å²) in [5.41, 5.74) is 0. The van der Waals surface area contributed by atoms with E-state index in [0.717, 1.165) is 0 Å². The third kappa shape index (κ3) is 4.27. The van der Waals surface area contributed by atoms with Gasteiger partial charge in [0, 0.05) is 6.54 Å². The highest BCUT2D eigenvalue weighted by atomic mass is 16.3. The first-order valence-corrected chi connectivity index (χ1v) is 3.86. The molecule has 0 bridgehead atoms. The molecule has 0 fully saturated rings. The van der Waals surface area contributed by atoms with Gasteiger partial charge in [-0.3, -0.25) is 4.79 Å². The first-order chi connectivity index (χ1) is 5.61. The summed E-state index contributed by atoms with van der Waals surface area (Å²) in [6.45, 7) is 1.24. The summed E-state index contributed by atoms with van der Waals surface area (Å²) in [4.78, 5) is 10.8. The Balaban J connectivity index is 3.56. The van der Waals surface area contributed by atoms with E-state index in [9.17, 15) is 4.79 Å². The Bertz CT molecular complexity index is 139. The van der Waals surface area contributed by atoms with Crippen molar-refractivity contribution in [2.24, 2.45) is 0 Å². The molecule has 0 aromatic carbocycles. The topological polar surface area (TPSA) is 89.8 Å². The van der Waals surface area contributed by atoms with Gasteiger partial charge in [0.25, 0.3) is 0 Å². The average molecular weight is 177 g/mol. The highest BCUT2D eigenvalue weighted by Crippen LogP contribution is 1.89. The summed E-state index contributed by atoms with van der Waals surface area (Å²) in [5.74, 6) is -0.523. The van der Waals surface area contributed by atoms with E-state index in [-0.39, 0.29) is 6.54 Å². The summed E-state index contributed by atoms with van der Waals surface area (Å²) in [6.07, 6.45) is -1.66. The minimum Gasteiger partial charge on any atom is -0.394 e. The zero-order chi connectivity index (χ0) is 9.56. The van der Waals surface area contributed by atoms with Gasteiger partial charge in [0.15, 0.2) is 0 Å². The molecule has 0 spiro atoms. The molecule has 0 heterocycles. The number of rotatable bonds is 5. The van der Waals surface area contributed by atoms with E-state index < -0.39 is 24.7 Å². The molecule has 5 heteroatoms. The van der Waals surface area contributed by atoms with Gasteiger partial charge in [-0.1, -0.05) is 6.92 Å². The van der Waals surface area contributed by atoms with Crippen LogP contribution in [0.3, 0.4) is 0 Å². The molecular weight excluding hydrogens is 162 g/mol. The van der Waals surface area contributed by atoms with Crippen molar-refractivity contribution in [3.8, 4) is 0 Å². The van der Waals surface area contributed by atoms with Gasteiger partial charge in [-0.05, 0) is 6.42 Å². The number of carbonyl (C=O) groups is 1. The zero-order valence-corrected chi connectivity index (χ0v) is 7.03. The number of amides is 1. The third-order valence-corrected chi connectivity index (χ3v) is 1.41. The zero-order valence-electron chi connectivity index (χ0n) is 7.03. The number of carbonyl (C=O) groups excluding carboxylic acids is 1. The summed E-state index contributed by atoms with van der Waals surface area (Å²) in [7, 11) is 0. The van der Waals surface area contributed by atoms with Gasteiger partial charge in [0.05, 0.1) is 12.7 Å². The molecule has 72 valence electrons. The summed E-state index contributed by atoms with van der Waals surface area (Å²) >= 11 is 0. The summed E-state index contributed by atoms with van der Waals surface area (Å²) in [5, 5.41) is 28.4. The SMILES string of the molecule is CC[C@@H](O)C(=O)NC[C@H](O)CO. The van der Waals surface area contributed by atoms with Gasteiger partial charge in [0.1, 0.15) is 6.10 Å². The van der Waals surface area contributed by atoms with E-state index in [4.69, 9.17) is 15.3 Å². The Morgan fingerprint density at radius 1 is 1.50 bits per heavy atom. The maximum atomic E-state index is 10.8. The van der Waals surface area contributed by atoms with Gasteiger partial charge in [0.2, 0.25) is 5.91 Å². The molecule has 0 saturated carbocycles. The van der Waals surface area contributed by atoms with Crippen LogP contribution in [0.15, 0.2) is 0 Å². The van der Waals surface area contributed by atoms with Crippen LogP contribution in [0.2, 0.25) is 0 Å². The number of nitrogens with one attached hydrogen (secondary N) is 1. The minimum atomic E-state index is -1.03. The van der Waals surface area contributed by atoms with E-state index in [1.165, 1.54) is 0 Å². The highest BCUT2D eigenvalue weighted by molar-refractivity contribution is 5.80. The Morgan fingerprint density at radius 2 is 2.08 bits per heavy atom. The molecule has 0 aliphatic heterocycles. The van der Waals surface area contributed by atoms with Crippen LogP contribution in [0.4, 0.5) is 0 Å². The van der Waals surface area contributed by atoms with Crippen molar-refractivity contribution in [3.05, 3.63) is 0 Å². The Kier molecular flexibility index (Phi) is 5.61. The molecule has 5 nitrogen and oxygen atoms in total. The number of aliphatic hydroxyl groups excluding tert-OH is 3. The highest BCUT2D eigenvalue weighted by Gasteiger charge is 2.12. The van der Waals surface area contributed by atoms with Crippen LogP contribution in [-0.2, 0) is 4.79 Å². The normalized spacial score (nSPS) is 15.3. The van der Waals surface area contributed by atoms with Crippen molar-refractivity contribution < 1.29 is 20.1 Å². The molecule has 2 atom stereocenters. The molecule has 4 N–H and O–H groups in total. The van der Waals surface area contributed by atoms with E-state index in [0.29, 0.717) is 6.42 Å². The fraction of sp³-hybridized carbons (Fsp3) is 0.857. The van der Waals surface area contributed by atoms with Gasteiger partial charge in [-0.2, -0.15) is 0 Å². The molecule has 0 unspecified atom stereocenters. The lowest BCUT2D eigenvalue weighted by molar-refractivity contribution is -0.130. The molecule has 0 aromatic rings. The van der Waals surface area contributed by atoms with Gasteiger partial charge in [-0.25, -0.2) is 0 Å². The smallest absolute Gasteiger partial charge is 0.248 e. The van der Waals surface area contributed by atoms with Crippen molar-refractivity contribution in [1.82, 2.24) is 5.32 Å². The van der Waals surface area contributed by atoms with Crippen molar-refractivity contribution in [1.29, 1.82) is 0 Å². The Morgan fingerprint density at radius 3 is 2.50 bits per heavy atom. The number of aliphatic hydroxyl groups is 3. The molecule has 1 amide bonds. The second-order valence-electron chi connectivity index (χ2n) is 2.51. The molecule has 0 rings (SSSR count). The molecule has 0 radical (unpaired) electrons. The van der Waals surface area contributed by atoms with Gasteiger partial charge in [-0.15, -0.1) is 0 Å². The van der Waals surface area contributed by atoms with Crippen molar-refractivity contribution in [2.45, 2.75) is 25.6 Å². The van der Waals surface area contributed by atoms with Crippen LogP contribution in [-0.4, -0.2) is 46.6 Å². The maximum Gasteiger partial charge on any atom is 0.248 e. The van der Waals surface area contributed by atoms with E-state index in [1.54, 1.807) is 6.92 Å². The van der Waals surface area contributed by atoms with Crippen LogP contribution in [0, 0.1) is 0 Å². The first-order valence-electron chi connectivity index (χ1n) is 3.86. The predicted octanol–water partition coefficient (Wildman–Crippen LogP) is -1.77. The largest absolute Gasteiger partial charge is 0.394 e. The van der Waals surface area contributed by atoms with Crippen LogP contribution in [0.25, 0.3) is 0 Å². The molecule has 0 aliphatic rings. The van der Waals surface area contributed by atoms with Crippen molar-refractivity contribution in [2.75, 3.05) is 13.2 Å². The molecule has 0 aliphatic carbocycles. The first kappa shape index (κ1) is 11.4. The molecule has 0 saturated heterocycles. The molecule has 12 heavy (non-hydrogen) atoms. The second kappa shape index (κ2) is 5.93. The fourth-order valence-electron chi connectivity index (χ4n) is 0.586. The van der Waals surface area contributed by atoms with Crippen LogP contribution in [0.1, 0.15) is 13.3 Å². The molecule has 0 aromatic heterocycles. The van der Waals surface area contributed by atoms with Crippen molar-refractivity contribution in [3.63, 3.8) is 0 Å². The third-order valence-electron chi connectivity index (χ3n) is 1.41. The van der Waals surface area contributed by atoms with Crippen LogP contribution in [0.5, 0.6) is 0 Å².